The van der Waals surface area contributed by atoms with Gasteiger partial charge in [0.1, 0.15) is 11.6 Å². The number of rotatable bonds is 4. The van der Waals surface area contributed by atoms with Crippen LogP contribution in [0.15, 0.2) is 29.1 Å². The molecule has 0 aliphatic carbocycles. The Bertz CT molecular complexity index is 581. The number of hydrogen-bond donors (Lipinski definition) is 1. The van der Waals surface area contributed by atoms with Gasteiger partial charge in [0.15, 0.2) is 0 Å². The molecular formula is C13H14BrF2N3. The summed E-state index contributed by atoms with van der Waals surface area (Å²) in [7, 11) is 0. The highest BCUT2D eigenvalue weighted by molar-refractivity contribution is 9.10. The lowest BCUT2D eigenvalue weighted by molar-refractivity contribution is 0.573. The zero-order chi connectivity index (χ0) is 14.0. The molecule has 1 heterocycles. The summed E-state index contributed by atoms with van der Waals surface area (Å²) < 4.78 is 28.9. The van der Waals surface area contributed by atoms with Gasteiger partial charge in [-0.15, -0.1) is 0 Å². The van der Waals surface area contributed by atoms with E-state index in [1.807, 2.05) is 18.4 Å². The second-order valence-electron chi connectivity index (χ2n) is 4.49. The van der Waals surface area contributed by atoms with E-state index in [2.05, 4.69) is 26.2 Å². The molecule has 3 nitrogen and oxygen atoms in total. The molecule has 2 aromatic rings. The average molecular weight is 330 g/mol. The molecule has 0 unspecified atom stereocenters. The molecule has 0 aliphatic rings. The van der Waals surface area contributed by atoms with Gasteiger partial charge >= 0.3 is 0 Å². The first-order chi connectivity index (χ1) is 8.99. The molecular weight excluding hydrogens is 316 g/mol. The first-order valence-electron chi connectivity index (χ1n) is 5.88. The molecule has 0 atom stereocenters. The van der Waals surface area contributed by atoms with Crippen molar-refractivity contribution in [2.75, 3.05) is 5.32 Å². The highest BCUT2D eigenvalue weighted by Gasteiger charge is 2.10. The number of benzene rings is 1. The Morgan fingerprint density at radius 2 is 2.05 bits per heavy atom. The van der Waals surface area contributed by atoms with Crippen molar-refractivity contribution in [3.05, 3.63) is 46.5 Å². The zero-order valence-electron chi connectivity index (χ0n) is 10.6. The molecule has 1 aromatic carbocycles. The van der Waals surface area contributed by atoms with Gasteiger partial charge in [-0.3, -0.25) is 0 Å². The molecule has 2 rings (SSSR count). The summed E-state index contributed by atoms with van der Waals surface area (Å²) in [4.78, 5) is 4.07. The highest BCUT2D eigenvalue weighted by atomic mass is 79.9. The van der Waals surface area contributed by atoms with E-state index in [0.717, 1.165) is 11.8 Å². The van der Waals surface area contributed by atoms with Gasteiger partial charge in [-0.05, 0) is 35.8 Å². The number of nitrogens with zero attached hydrogens (tertiary/aromatic N) is 2. The van der Waals surface area contributed by atoms with Crippen molar-refractivity contribution in [1.82, 2.24) is 9.55 Å². The maximum Gasteiger partial charge on any atom is 0.149 e. The second-order valence-corrected chi connectivity index (χ2v) is 5.34. The van der Waals surface area contributed by atoms with Crippen molar-refractivity contribution < 1.29 is 8.78 Å². The lowest BCUT2D eigenvalue weighted by Gasteiger charge is -2.13. The van der Waals surface area contributed by atoms with E-state index in [1.54, 1.807) is 12.5 Å². The van der Waals surface area contributed by atoms with Gasteiger partial charge in [0, 0.05) is 18.3 Å². The third-order valence-corrected chi connectivity index (χ3v) is 3.38. The normalized spacial score (nSPS) is 11.1. The number of anilines is 1. The quantitative estimate of drug-likeness (QED) is 0.855. The lowest BCUT2D eigenvalue weighted by Crippen LogP contribution is -2.09. The molecule has 0 spiro atoms. The molecule has 102 valence electrons. The van der Waals surface area contributed by atoms with Crippen molar-refractivity contribution in [2.24, 2.45) is 0 Å². The Balaban J connectivity index is 2.15. The van der Waals surface area contributed by atoms with Crippen LogP contribution in [0.4, 0.5) is 14.5 Å². The predicted molar refractivity (Wildman–Crippen MR) is 74.0 cm³/mol. The number of halogens is 3. The fourth-order valence-corrected chi connectivity index (χ4v) is 2.12. The van der Waals surface area contributed by atoms with E-state index < -0.39 is 11.6 Å². The number of nitrogens with one attached hydrogen (secondary N) is 1. The van der Waals surface area contributed by atoms with Crippen molar-refractivity contribution in [3.63, 3.8) is 0 Å². The van der Waals surface area contributed by atoms with Crippen LogP contribution < -0.4 is 5.32 Å². The largest absolute Gasteiger partial charge is 0.377 e. The Kier molecular flexibility index (Phi) is 4.19. The minimum atomic E-state index is -0.615. The van der Waals surface area contributed by atoms with Crippen molar-refractivity contribution in [2.45, 2.75) is 26.4 Å². The summed E-state index contributed by atoms with van der Waals surface area (Å²) in [5, 5.41) is 2.95. The van der Waals surface area contributed by atoms with Gasteiger partial charge < -0.3 is 9.88 Å². The fourth-order valence-electron chi connectivity index (χ4n) is 1.78. The number of hydrogen-bond acceptors (Lipinski definition) is 2. The van der Waals surface area contributed by atoms with Gasteiger partial charge in [0.25, 0.3) is 0 Å². The fraction of sp³-hybridized carbons (Fsp3) is 0.308. The lowest BCUT2D eigenvalue weighted by atomic mass is 10.3. The first-order valence-corrected chi connectivity index (χ1v) is 6.67. The Morgan fingerprint density at radius 1 is 1.32 bits per heavy atom. The Hall–Kier alpha value is -1.43. The van der Waals surface area contributed by atoms with Crippen molar-refractivity contribution in [1.29, 1.82) is 0 Å². The topological polar surface area (TPSA) is 29.9 Å². The van der Waals surface area contributed by atoms with Crippen molar-refractivity contribution in [3.8, 4) is 0 Å². The minimum Gasteiger partial charge on any atom is -0.377 e. The monoisotopic (exact) mass is 329 g/mol. The standard InChI is InChI=1S/C13H14BrF2N3/c1-8(2)19-7-17-5-9(19)6-18-13-3-10(14)11(15)4-12(13)16/h3-5,7-8,18H,6H2,1-2H3. The van der Waals surface area contributed by atoms with Crippen LogP contribution >= 0.6 is 15.9 Å². The van der Waals surface area contributed by atoms with E-state index in [4.69, 9.17) is 0 Å². The molecule has 1 aromatic heterocycles. The molecule has 0 radical (unpaired) electrons. The smallest absolute Gasteiger partial charge is 0.149 e. The van der Waals surface area contributed by atoms with E-state index in [1.165, 1.54) is 6.07 Å². The summed E-state index contributed by atoms with van der Waals surface area (Å²) in [5.41, 5.74) is 1.19. The van der Waals surface area contributed by atoms with Crippen LogP contribution in [0.1, 0.15) is 25.6 Å². The third kappa shape index (κ3) is 3.12. The summed E-state index contributed by atoms with van der Waals surface area (Å²) >= 11 is 3.04. The number of imidazole rings is 1. The molecule has 6 heteroatoms. The van der Waals surface area contributed by atoms with Crippen molar-refractivity contribution >= 4 is 21.6 Å². The highest BCUT2D eigenvalue weighted by Crippen LogP contribution is 2.24. The average Bonchev–Trinajstić information content (AvgIpc) is 2.80. The van der Waals surface area contributed by atoms with Gasteiger partial charge in [-0.2, -0.15) is 0 Å². The number of aromatic nitrogens is 2. The van der Waals surface area contributed by atoms with Crippen LogP contribution in [0.3, 0.4) is 0 Å². The van der Waals surface area contributed by atoms with Crippen LogP contribution in [0.5, 0.6) is 0 Å². The van der Waals surface area contributed by atoms with Crippen LogP contribution in [0, 0.1) is 11.6 Å². The van der Waals surface area contributed by atoms with Gasteiger partial charge in [0.05, 0.1) is 28.7 Å². The van der Waals surface area contributed by atoms with Gasteiger partial charge in [-0.25, -0.2) is 13.8 Å². The van der Waals surface area contributed by atoms with Crippen LogP contribution in [0.2, 0.25) is 0 Å². The maximum absolute atomic E-state index is 13.6. The molecule has 0 saturated carbocycles. The minimum absolute atomic E-state index is 0.230. The molecule has 1 N–H and O–H groups in total. The van der Waals surface area contributed by atoms with Gasteiger partial charge in [0.2, 0.25) is 0 Å². The van der Waals surface area contributed by atoms with Gasteiger partial charge in [-0.1, -0.05) is 0 Å². The maximum atomic E-state index is 13.6. The summed E-state index contributed by atoms with van der Waals surface area (Å²) in [6.45, 7) is 4.51. The Labute approximate surface area is 118 Å². The molecule has 0 amide bonds. The van der Waals surface area contributed by atoms with Crippen LogP contribution in [-0.4, -0.2) is 9.55 Å². The molecule has 0 fully saturated rings. The summed E-state index contributed by atoms with van der Waals surface area (Å²) in [6.07, 6.45) is 3.46. The molecule has 0 saturated heterocycles. The van der Waals surface area contributed by atoms with Crippen LogP contribution in [-0.2, 0) is 6.54 Å². The predicted octanol–water partition coefficient (Wildman–Crippen LogP) is 4.12. The zero-order valence-corrected chi connectivity index (χ0v) is 12.2. The van der Waals surface area contributed by atoms with E-state index >= 15 is 0 Å². The molecule has 0 bridgehead atoms. The second kappa shape index (κ2) is 5.69. The molecule has 0 aliphatic heterocycles. The summed E-state index contributed by atoms with van der Waals surface area (Å²) in [6, 6.07) is 2.52. The van der Waals surface area contributed by atoms with E-state index in [0.29, 0.717) is 6.54 Å². The van der Waals surface area contributed by atoms with E-state index in [9.17, 15) is 8.78 Å². The summed E-state index contributed by atoms with van der Waals surface area (Å²) in [5.74, 6) is -1.23. The third-order valence-electron chi connectivity index (χ3n) is 2.77. The van der Waals surface area contributed by atoms with Crippen LogP contribution in [0.25, 0.3) is 0 Å². The SMILES string of the molecule is CC(C)n1cncc1CNc1cc(Br)c(F)cc1F. The Morgan fingerprint density at radius 3 is 2.74 bits per heavy atom. The first kappa shape index (κ1) is 14.0. The molecule has 19 heavy (non-hydrogen) atoms. The van der Waals surface area contributed by atoms with E-state index in [-0.39, 0.29) is 16.2 Å².